The van der Waals surface area contributed by atoms with E-state index in [1.54, 1.807) is 21.0 Å². The molecule has 2 heterocycles. The Balaban J connectivity index is 1.57. The molecule has 1 aliphatic rings. The van der Waals surface area contributed by atoms with E-state index in [4.69, 9.17) is 4.74 Å². The molecule has 9 heteroatoms. The first-order valence-electron chi connectivity index (χ1n) is 9.76. The number of methoxy groups -OCH3 is 1. The molecule has 1 N–H and O–H groups in total. The van der Waals surface area contributed by atoms with Gasteiger partial charge in [-0.2, -0.15) is 5.10 Å². The van der Waals surface area contributed by atoms with Gasteiger partial charge in [0.15, 0.2) is 0 Å². The van der Waals surface area contributed by atoms with Crippen molar-refractivity contribution in [3.8, 4) is 5.75 Å². The van der Waals surface area contributed by atoms with Crippen LogP contribution in [0.1, 0.15) is 30.7 Å². The van der Waals surface area contributed by atoms with Gasteiger partial charge >= 0.3 is 5.69 Å². The number of para-hydroxylation sites is 2. The highest BCUT2D eigenvalue weighted by molar-refractivity contribution is 5.76. The van der Waals surface area contributed by atoms with Gasteiger partial charge in [-0.25, -0.2) is 0 Å². The summed E-state index contributed by atoms with van der Waals surface area (Å²) in [7, 11) is 1.66. The van der Waals surface area contributed by atoms with Gasteiger partial charge in [-0.1, -0.05) is 12.1 Å². The summed E-state index contributed by atoms with van der Waals surface area (Å²) in [5.74, 6) is 0.748. The highest BCUT2D eigenvalue weighted by atomic mass is 16.6. The fraction of sp³-hybridized carbons (Fsp3) is 0.500. The zero-order valence-electron chi connectivity index (χ0n) is 17.1. The van der Waals surface area contributed by atoms with Crippen LogP contribution in [-0.2, 0) is 11.3 Å². The van der Waals surface area contributed by atoms with E-state index in [0.717, 1.165) is 37.4 Å². The molecule has 1 aromatic heterocycles. The molecule has 156 valence electrons. The third-order valence-electron chi connectivity index (χ3n) is 5.29. The van der Waals surface area contributed by atoms with Crippen molar-refractivity contribution in [3.63, 3.8) is 0 Å². The number of nitrogens with zero attached hydrogens (tertiary/aromatic N) is 4. The Kier molecular flexibility index (Phi) is 6.36. The minimum absolute atomic E-state index is 0.0186. The molecule has 1 fully saturated rings. The van der Waals surface area contributed by atoms with Crippen molar-refractivity contribution in [1.29, 1.82) is 0 Å². The number of benzene rings is 1. The van der Waals surface area contributed by atoms with E-state index in [0.29, 0.717) is 17.9 Å². The molecule has 0 saturated carbocycles. The van der Waals surface area contributed by atoms with E-state index in [1.165, 1.54) is 4.68 Å². The van der Waals surface area contributed by atoms with Gasteiger partial charge in [-0.05, 0) is 38.8 Å². The first-order chi connectivity index (χ1) is 13.9. The fourth-order valence-corrected chi connectivity index (χ4v) is 3.88. The normalized spacial score (nSPS) is 16.5. The number of ether oxygens (including phenoxy) is 1. The molecule has 1 unspecified atom stereocenters. The Labute approximate surface area is 169 Å². The van der Waals surface area contributed by atoms with Crippen LogP contribution >= 0.6 is 0 Å². The van der Waals surface area contributed by atoms with E-state index in [9.17, 15) is 14.9 Å². The fourth-order valence-electron chi connectivity index (χ4n) is 3.88. The second-order valence-corrected chi connectivity index (χ2v) is 7.27. The predicted molar refractivity (Wildman–Crippen MR) is 109 cm³/mol. The topological polar surface area (TPSA) is 103 Å². The van der Waals surface area contributed by atoms with Crippen LogP contribution < -0.4 is 15.0 Å². The summed E-state index contributed by atoms with van der Waals surface area (Å²) in [4.78, 5) is 25.4. The summed E-state index contributed by atoms with van der Waals surface area (Å²) < 4.78 is 6.99. The quantitative estimate of drug-likeness (QED) is 0.565. The number of carbonyl (C=O) groups excluding carboxylic acids is 1. The summed E-state index contributed by atoms with van der Waals surface area (Å²) >= 11 is 0. The van der Waals surface area contributed by atoms with Crippen molar-refractivity contribution in [1.82, 2.24) is 15.1 Å². The predicted octanol–water partition coefficient (Wildman–Crippen LogP) is 2.59. The van der Waals surface area contributed by atoms with E-state index in [-0.39, 0.29) is 24.1 Å². The Morgan fingerprint density at radius 3 is 2.83 bits per heavy atom. The number of amides is 1. The van der Waals surface area contributed by atoms with Gasteiger partial charge in [-0.3, -0.25) is 19.6 Å². The number of aryl methyl sites for hydroxylation is 2. The summed E-state index contributed by atoms with van der Waals surface area (Å²) in [6.45, 7) is 5.22. The van der Waals surface area contributed by atoms with E-state index >= 15 is 0 Å². The van der Waals surface area contributed by atoms with Gasteiger partial charge in [0, 0.05) is 25.6 Å². The third-order valence-corrected chi connectivity index (χ3v) is 5.29. The van der Waals surface area contributed by atoms with Gasteiger partial charge in [0.25, 0.3) is 0 Å². The van der Waals surface area contributed by atoms with Crippen molar-refractivity contribution in [3.05, 3.63) is 45.8 Å². The van der Waals surface area contributed by atoms with Crippen molar-refractivity contribution in [2.75, 3.05) is 25.1 Å². The SMILES string of the molecule is COc1ccccc1N1CCCC(NC(=O)CCn2nc(C)c([N+](=O)[O-])c2C)C1. The van der Waals surface area contributed by atoms with Crippen LogP contribution in [0.4, 0.5) is 11.4 Å². The number of hydrogen-bond donors (Lipinski definition) is 1. The molecule has 0 aliphatic carbocycles. The van der Waals surface area contributed by atoms with Gasteiger partial charge < -0.3 is 15.0 Å². The largest absolute Gasteiger partial charge is 0.495 e. The number of aromatic nitrogens is 2. The molecular weight excluding hydrogens is 374 g/mol. The first-order valence-corrected chi connectivity index (χ1v) is 9.76. The molecule has 0 spiro atoms. The summed E-state index contributed by atoms with van der Waals surface area (Å²) in [6.07, 6.45) is 2.12. The van der Waals surface area contributed by atoms with Crippen molar-refractivity contribution >= 4 is 17.3 Å². The average molecular weight is 401 g/mol. The molecule has 1 amide bonds. The van der Waals surface area contributed by atoms with Crippen LogP contribution in [0, 0.1) is 24.0 Å². The molecular formula is C20H27N5O4. The number of rotatable bonds is 7. The lowest BCUT2D eigenvalue weighted by molar-refractivity contribution is -0.386. The minimum Gasteiger partial charge on any atom is -0.495 e. The van der Waals surface area contributed by atoms with E-state index < -0.39 is 4.92 Å². The molecule has 1 aliphatic heterocycles. The summed E-state index contributed by atoms with van der Waals surface area (Å²) in [5, 5.41) is 18.4. The Morgan fingerprint density at radius 1 is 1.38 bits per heavy atom. The second-order valence-electron chi connectivity index (χ2n) is 7.27. The van der Waals surface area contributed by atoms with Gasteiger partial charge in [-0.15, -0.1) is 0 Å². The number of hydrogen-bond acceptors (Lipinski definition) is 6. The van der Waals surface area contributed by atoms with Gasteiger partial charge in [0.05, 0.1) is 24.3 Å². The van der Waals surface area contributed by atoms with Crippen molar-refractivity contribution < 1.29 is 14.5 Å². The lowest BCUT2D eigenvalue weighted by atomic mass is 10.0. The smallest absolute Gasteiger partial charge is 0.312 e. The molecule has 2 aromatic rings. The zero-order valence-corrected chi connectivity index (χ0v) is 17.1. The molecule has 1 aromatic carbocycles. The molecule has 1 atom stereocenters. The number of nitro groups is 1. The van der Waals surface area contributed by atoms with Crippen molar-refractivity contribution in [2.24, 2.45) is 0 Å². The summed E-state index contributed by atoms with van der Waals surface area (Å²) in [6, 6.07) is 7.93. The number of nitrogens with one attached hydrogen (secondary N) is 1. The second kappa shape index (κ2) is 8.93. The van der Waals surface area contributed by atoms with Crippen LogP contribution in [0.3, 0.4) is 0 Å². The van der Waals surface area contributed by atoms with Crippen LogP contribution in [0.2, 0.25) is 0 Å². The maximum Gasteiger partial charge on any atom is 0.312 e. The molecule has 0 bridgehead atoms. The van der Waals surface area contributed by atoms with Crippen LogP contribution in [0.25, 0.3) is 0 Å². The molecule has 1 saturated heterocycles. The van der Waals surface area contributed by atoms with Gasteiger partial charge in [0.1, 0.15) is 17.1 Å². The maximum absolute atomic E-state index is 12.5. The summed E-state index contributed by atoms with van der Waals surface area (Å²) in [5.41, 5.74) is 1.89. The van der Waals surface area contributed by atoms with Crippen LogP contribution in [0.5, 0.6) is 5.75 Å². The van der Waals surface area contributed by atoms with E-state index in [2.05, 4.69) is 15.3 Å². The molecule has 3 rings (SSSR count). The molecule has 9 nitrogen and oxygen atoms in total. The average Bonchev–Trinajstić information content (AvgIpc) is 3.00. The van der Waals surface area contributed by atoms with E-state index in [1.807, 2.05) is 24.3 Å². The molecule has 0 radical (unpaired) electrons. The lowest BCUT2D eigenvalue weighted by Gasteiger charge is -2.35. The van der Waals surface area contributed by atoms with Crippen LogP contribution in [0.15, 0.2) is 24.3 Å². The number of piperidine rings is 1. The highest BCUT2D eigenvalue weighted by Crippen LogP contribution is 2.30. The standard InChI is InChI=1S/C20H27N5O4/c1-14-20(25(27)28)15(2)24(22-14)12-10-19(26)21-16-7-6-11-23(13-16)17-8-4-5-9-18(17)29-3/h4-5,8-9,16H,6-7,10-13H2,1-3H3,(H,21,26). The maximum atomic E-state index is 12.5. The molecule has 29 heavy (non-hydrogen) atoms. The first kappa shape index (κ1) is 20.6. The zero-order chi connectivity index (χ0) is 21.0. The Morgan fingerprint density at radius 2 is 2.14 bits per heavy atom. The number of anilines is 1. The minimum atomic E-state index is -0.428. The Hall–Kier alpha value is -3.10. The number of carbonyl (C=O) groups is 1. The third kappa shape index (κ3) is 4.67. The van der Waals surface area contributed by atoms with Gasteiger partial charge in [0.2, 0.25) is 5.91 Å². The Bertz CT molecular complexity index is 895. The monoisotopic (exact) mass is 401 g/mol. The highest BCUT2D eigenvalue weighted by Gasteiger charge is 2.24. The lowest BCUT2D eigenvalue weighted by Crippen LogP contribution is -2.48. The van der Waals surface area contributed by atoms with Crippen LogP contribution in [-0.4, -0.2) is 46.9 Å². The van der Waals surface area contributed by atoms with Crippen molar-refractivity contribution in [2.45, 2.75) is 45.7 Å².